The van der Waals surface area contributed by atoms with E-state index in [2.05, 4.69) is 10.1 Å². The van der Waals surface area contributed by atoms with Gasteiger partial charge in [0.2, 0.25) is 11.8 Å². The minimum atomic E-state index is -0.545. The van der Waals surface area contributed by atoms with Crippen molar-refractivity contribution < 1.29 is 23.9 Å². The van der Waals surface area contributed by atoms with E-state index >= 15 is 0 Å². The van der Waals surface area contributed by atoms with Crippen molar-refractivity contribution in [1.82, 2.24) is 0 Å². The Morgan fingerprint density at radius 1 is 1.18 bits per heavy atom. The Morgan fingerprint density at radius 2 is 1.96 bits per heavy atom. The highest BCUT2D eigenvalue weighted by Gasteiger charge is 2.35. The molecular weight excluding hydrogens is 384 g/mol. The highest BCUT2D eigenvalue weighted by molar-refractivity contribution is 6.34. The average Bonchev–Trinajstić information content (AvgIpc) is 3.11. The number of hydrogen-bond donors (Lipinski definition) is 1. The minimum Gasteiger partial charge on any atom is -0.497 e. The number of hydrogen-bond acceptors (Lipinski definition) is 5. The van der Waals surface area contributed by atoms with Crippen LogP contribution in [0.4, 0.5) is 11.4 Å². The highest BCUT2D eigenvalue weighted by Crippen LogP contribution is 2.30. The molecule has 3 rings (SSSR count). The van der Waals surface area contributed by atoms with Gasteiger partial charge in [0.1, 0.15) is 5.75 Å². The molecule has 1 aliphatic heterocycles. The van der Waals surface area contributed by atoms with Gasteiger partial charge in [-0.05, 0) is 30.3 Å². The van der Waals surface area contributed by atoms with E-state index in [0.717, 1.165) is 0 Å². The van der Waals surface area contributed by atoms with Gasteiger partial charge in [-0.25, -0.2) is 4.79 Å². The van der Waals surface area contributed by atoms with E-state index < -0.39 is 11.9 Å². The molecule has 1 unspecified atom stereocenters. The number of esters is 1. The summed E-state index contributed by atoms with van der Waals surface area (Å²) in [6.07, 6.45) is 0.0807. The van der Waals surface area contributed by atoms with Gasteiger partial charge in [0.05, 0.1) is 36.4 Å². The SMILES string of the molecule is COC(=O)c1ccc(Cl)c(NC(=O)C2CC(=O)N(c3cccc(OC)c3)C2)c1. The fourth-order valence-corrected chi connectivity index (χ4v) is 3.18. The quantitative estimate of drug-likeness (QED) is 0.776. The zero-order valence-electron chi connectivity index (χ0n) is 15.4. The van der Waals surface area contributed by atoms with Crippen molar-refractivity contribution in [3.63, 3.8) is 0 Å². The maximum atomic E-state index is 12.7. The van der Waals surface area contributed by atoms with E-state index in [-0.39, 0.29) is 35.4 Å². The number of ether oxygens (including phenoxy) is 2. The summed E-state index contributed by atoms with van der Waals surface area (Å²) in [5.74, 6) is -0.945. The molecule has 146 valence electrons. The summed E-state index contributed by atoms with van der Waals surface area (Å²) in [4.78, 5) is 38.3. The molecule has 0 saturated carbocycles. The van der Waals surface area contributed by atoms with Gasteiger partial charge in [0.15, 0.2) is 0 Å². The van der Waals surface area contributed by atoms with Crippen molar-refractivity contribution in [2.75, 3.05) is 31.0 Å². The van der Waals surface area contributed by atoms with Crippen molar-refractivity contribution >= 4 is 40.8 Å². The molecule has 7 nitrogen and oxygen atoms in total. The van der Waals surface area contributed by atoms with Crippen LogP contribution in [-0.4, -0.2) is 38.5 Å². The predicted octanol–water partition coefficient (Wildman–Crippen LogP) is 3.13. The molecule has 2 aromatic carbocycles. The van der Waals surface area contributed by atoms with Crippen molar-refractivity contribution in [2.45, 2.75) is 6.42 Å². The number of halogens is 1. The largest absolute Gasteiger partial charge is 0.497 e. The summed E-state index contributed by atoms with van der Waals surface area (Å²) in [6.45, 7) is 0.242. The van der Waals surface area contributed by atoms with Gasteiger partial charge in [-0.3, -0.25) is 9.59 Å². The Kier molecular flexibility index (Phi) is 5.84. The van der Waals surface area contributed by atoms with Crippen molar-refractivity contribution in [1.29, 1.82) is 0 Å². The zero-order valence-corrected chi connectivity index (χ0v) is 16.2. The van der Waals surface area contributed by atoms with Crippen LogP contribution in [0, 0.1) is 5.92 Å². The number of methoxy groups -OCH3 is 2. The number of nitrogens with one attached hydrogen (secondary N) is 1. The molecule has 1 N–H and O–H groups in total. The minimum absolute atomic E-state index is 0.0807. The monoisotopic (exact) mass is 402 g/mol. The summed E-state index contributed by atoms with van der Waals surface area (Å²) in [6, 6.07) is 11.6. The molecule has 1 atom stereocenters. The first-order valence-corrected chi connectivity index (χ1v) is 8.94. The van der Waals surface area contributed by atoms with Gasteiger partial charge in [-0.15, -0.1) is 0 Å². The zero-order chi connectivity index (χ0) is 20.3. The van der Waals surface area contributed by atoms with E-state index in [4.69, 9.17) is 16.3 Å². The number of rotatable bonds is 5. The molecule has 1 saturated heterocycles. The Morgan fingerprint density at radius 3 is 2.68 bits per heavy atom. The Balaban J connectivity index is 1.74. The number of anilines is 2. The molecule has 2 aromatic rings. The van der Waals surface area contributed by atoms with E-state index in [1.165, 1.54) is 25.3 Å². The van der Waals surface area contributed by atoms with Crippen LogP contribution < -0.4 is 15.0 Å². The molecule has 1 aliphatic rings. The number of carbonyl (C=O) groups excluding carboxylic acids is 3. The Hall–Kier alpha value is -3.06. The van der Waals surface area contributed by atoms with E-state index in [9.17, 15) is 14.4 Å². The number of benzene rings is 2. The lowest BCUT2D eigenvalue weighted by molar-refractivity contribution is -0.122. The first-order valence-electron chi connectivity index (χ1n) is 8.56. The Labute approximate surface area is 167 Å². The fraction of sp³-hybridized carbons (Fsp3) is 0.250. The smallest absolute Gasteiger partial charge is 0.337 e. The first kappa shape index (κ1) is 19.7. The van der Waals surface area contributed by atoms with Crippen LogP contribution in [0.25, 0.3) is 0 Å². The third-order valence-electron chi connectivity index (χ3n) is 4.51. The van der Waals surface area contributed by atoms with Crippen LogP contribution >= 0.6 is 11.6 Å². The fourth-order valence-electron chi connectivity index (χ4n) is 3.01. The second kappa shape index (κ2) is 8.31. The van der Waals surface area contributed by atoms with Crippen LogP contribution in [-0.2, 0) is 14.3 Å². The van der Waals surface area contributed by atoms with Crippen molar-refractivity contribution in [3.05, 3.63) is 53.1 Å². The highest BCUT2D eigenvalue weighted by atomic mass is 35.5. The second-order valence-corrected chi connectivity index (χ2v) is 6.69. The molecule has 28 heavy (non-hydrogen) atoms. The Bertz CT molecular complexity index is 931. The van der Waals surface area contributed by atoms with Crippen LogP contribution in [0.1, 0.15) is 16.8 Å². The van der Waals surface area contributed by atoms with E-state index in [1.54, 1.807) is 36.3 Å². The summed E-state index contributed by atoms with van der Waals surface area (Å²) >= 11 is 6.12. The standard InChI is InChI=1S/C20H19ClN2O5/c1-27-15-5-3-4-14(10-15)23-11-13(9-18(23)24)19(25)22-17-8-12(20(26)28-2)6-7-16(17)21/h3-8,10,13H,9,11H2,1-2H3,(H,22,25). The van der Waals surface area contributed by atoms with E-state index in [0.29, 0.717) is 17.1 Å². The second-order valence-electron chi connectivity index (χ2n) is 6.28. The third-order valence-corrected chi connectivity index (χ3v) is 4.84. The maximum Gasteiger partial charge on any atom is 0.337 e. The van der Waals surface area contributed by atoms with Gasteiger partial charge >= 0.3 is 5.97 Å². The van der Waals surface area contributed by atoms with E-state index in [1.807, 2.05) is 0 Å². The summed E-state index contributed by atoms with van der Waals surface area (Å²) in [5.41, 5.74) is 1.23. The molecule has 1 fully saturated rings. The predicted molar refractivity (Wildman–Crippen MR) is 105 cm³/mol. The summed E-state index contributed by atoms with van der Waals surface area (Å²) in [7, 11) is 2.82. The van der Waals surface area contributed by atoms with Crippen LogP contribution in [0.3, 0.4) is 0 Å². The lowest BCUT2D eigenvalue weighted by atomic mass is 10.1. The molecular formula is C20H19ClN2O5. The van der Waals surface area contributed by atoms with Crippen LogP contribution in [0.15, 0.2) is 42.5 Å². The van der Waals surface area contributed by atoms with Gasteiger partial charge in [-0.1, -0.05) is 17.7 Å². The van der Waals surface area contributed by atoms with Gasteiger partial charge in [0.25, 0.3) is 0 Å². The molecule has 2 amide bonds. The molecule has 0 aromatic heterocycles. The molecule has 0 bridgehead atoms. The molecule has 0 aliphatic carbocycles. The lowest BCUT2D eigenvalue weighted by Gasteiger charge is -2.17. The van der Waals surface area contributed by atoms with Gasteiger partial charge < -0.3 is 19.7 Å². The van der Waals surface area contributed by atoms with Crippen LogP contribution in [0.5, 0.6) is 5.75 Å². The number of nitrogens with zero attached hydrogens (tertiary/aromatic N) is 1. The normalized spacial score (nSPS) is 16.0. The average molecular weight is 403 g/mol. The van der Waals surface area contributed by atoms with Crippen LogP contribution in [0.2, 0.25) is 5.02 Å². The lowest BCUT2D eigenvalue weighted by Crippen LogP contribution is -2.28. The molecule has 1 heterocycles. The van der Waals surface area contributed by atoms with Crippen molar-refractivity contribution in [3.8, 4) is 5.75 Å². The summed E-state index contributed by atoms with van der Waals surface area (Å²) in [5, 5.41) is 2.99. The van der Waals surface area contributed by atoms with Gasteiger partial charge in [0, 0.05) is 24.7 Å². The van der Waals surface area contributed by atoms with Crippen molar-refractivity contribution in [2.24, 2.45) is 5.92 Å². The third kappa shape index (κ3) is 4.09. The van der Waals surface area contributed by atoms with Gasteiger partial charge in [-0.2, -0.15) is 0 Å². The maximum absolute atomic E-state index is 12.7. The summed E-state index contributed by atoms with van der Waals surface area (Å²) < 4.78 is 9.86. The molecule has 0 spiro atoms. The molecule has 0 radical (unpaired) electrons. The number of carbonyl (C=O) groups is 3. The topological polar surface area (TPSA) is 84.9 Å². The first-order chi connectivity index (χ1) is 13.4. The number of amides is 2. The molecule has 8 heteroatoms.